The van der Waals surface area contributed by atoms with Crippen molar-refractivity contribution in [2.75, 3.05) is 14.1 Å². The van der Waals surface area contributed by atoms with Crippen molar-refractivity contribution in [1.82, 2.24) is 15.1 Å². The lowest BCUT2D eigenvalue weighted by molar-refractivity contribution is 0.0999. The van der Waals surface area contributed by atoms with Crippen LogP contribution in [0.5, 0.6) is 0 Å². The third kappa shape index (κ3) is 2.76. The Morgan fingerprint density at radius 3 is 2.59 bits per heavy atom. The van der Waals surface area contributed by atoms with Crippen molar-refractivity contribution in [2.45, 2.75) is 6.54 Å². The molecule has 2 aromatic rings. The van der Waals surface area contributed by atoms with Crippen LogP contribution in [-0.4, -0.2) is 35.0 Å². The fourth-order valence-corrected chi connectivity index (χ4v) is 1.39. The van der Waals surface area contributed by atoms with Gasteiger partial charge in [-0.25, -0.2) is 0 Å². The zero-order chi connectivity index (χ0) is 12.3. The Kier molecular flexibility index (Phi) is 3.30. The Hall–Kier alpha value is -2.01. The van der Waals surface area contributed by atoms with E-state index in [1.54, 1.807) is 24.3 Å². The van der Waals surface area contributed by atoms with Crippen LogP contribution < -0.4 is 0 Å². The summed E-state index contributed by atoms with van der Waals surface area (Å²) in [6, 6.07) is 8.88. The number of carbonyl (C=O) groups excluding carboxylic acids is 1. The summed E-state index contributed by atoms with van der Waals surface area (Å²) in [5.74, 6) is 0.227. The van der Waals surface area contributed by atoms with E-state index in [0.717, 1.165) is 0 Å². The molecule has 5 nitrogen and oxygen atoms in total. The van der Waals surface area contributed by atoms with E-state index in [0.29, 0.717) is 18.0 Å². The SMILES string of the molecule is CN(C)Cc1nnc(C(=O)c2ccccc2)o1. The molecule has 88 valence electrons. The van der Waals surface area contributed by atoms with E-state index in [1.165, 1.54) is 0 Å². The lowest BCUT2D eigenvalue weighted by atomic mass is 10.1. The molecule has 0 bridgehead atoms. The van der Waals surface area contributed by atoms with E-state index >= 15 is 0 Å². The summed E-state index contributed by atoms with van der Waals surface area (Å²) in [7, 11) is 3.78. The largest absolute Gasteiger partial charge is 0.417 e. The van der Waals surface area contributed by atoms with Crippen LogP contribution in [0.25, 0.3) is 0 Å². The van der Waals surface area contributed by atoms with Crippen molar-refractivity contribution in [2.24, 2.45) is 0 Å². The Morgan fingerprint density at radius 1 is 1.24 bits per heavy atom. The number of hydrogen-bond acceptors (Lipinski definition) is 5. The molecule has 0 spiro atoms. The molecule has 0 aliphatic carbocycles. The number of benzene rings is 1. The zero-order valence-electron chi connectivity index (χ0n) is 9.75. The summed E-state index contributed by atoms with van der Waals surface area (Å²) in [4.78, 5) is 13.8. The van der Waals surface area contributed by atoms with Crippen molar-refractivity contribution in [3.8, 4) is 0 Å². The average molecular weight is 231 g/mol. The minimum Gasteiger partial charge on any atom is -0.417 e. The third-order valence-corrected chi connectivity index (χ3v) is 2.15. The van der Waals surface area contributed by atoms with Crippen LogP contribution in [0, 0.1) is 0 Å². The standard InChI is InChI=1S/C12H13N3O2/c1-15(2)8-10-13-14-12(17-10)11(16)9-6-4-3-5-7-9/h3-7H,8H2,1-2H3. The Morgan fingerprint density at radius 2 is 1.94 bits per heavy atom. The first kappa shape index (κ1) is 11.5. The molecule has 0 aliphatic heterocycles. The molecule has 1 heterocycles. The first-order valence-electron chi connectivity index (χ1n) is 5.23. The monoisotopic (exact) mass is 231 g/mol. The number of hydrogen-bond donors (Lipinski definition) is 0. The molecule has 0 fully saturated rings. The number of ketones is 1. The molecule has 1 aromatic carbocycles. The summed E-state index contributed by atoms with van der Waals surface area (Å²) >= 11 is 0. The highest BCUT2D eigenvalue weighted by Gasteiger charge is 2.16. The number of aromatic nitrogens is 2. The smallest absolute Gasteiger partial charge is 0.289 e. The van der Waals surface area contributed by atoms with Gasteiger partial charge in [-0.15, -0.1) is 10.2 Å². The lowest BCUT2D eigenvalue weighted by Gasteiger charge is -2.03. The van der Waals surface area contributed by atoms with Crippen LogP contribution in [-0.2, 0) is 6.54 Å². The first-order valence-corrected chi connectivity index (χ1v) is 5.23. The van der Waals surface area contributed by atoms with E-state index in [2.05, 4.69) is 10.2 Å². The van der Waals surface area contributed by atoms with E-state index in [4.69, 9.17) is 4.42 Å². The predicted octanol–water partition coefficient (Wildman–Crippen LogP) is 1.36. The van der Waals surface area contributed by atoms with Gasteiger partial charge in [-0.1, -0.05) is 30.3 Å². The predicted molar refractivity (Wildman–Crippen MR) is 61.6 cm³/mol. The summed E-state index contributed by atoms with van der Waals surface area (Å²) < 4.78 is 5.30. The maximum Gasteiger partial charge on any atom is 0.289 e. The molecule has 0 atom stereocenters. The van der Waals surface area contributed by atoms with Crippen LogP contribution >= 0.6 is 0 Å². The second-order valence-electron chi connectivity index (χ2n) is 3.93. The second-order valence-corrected chi connectivity index (χ2v) is 3.93. The van der Waals surface area contributed by atoms with Gasteiger partial charge in [0, 0.05) is 5.56 Å². The molecule has 0 N–H and O–H groups in total. The van der Waals surface area contributed by atoms with Crippen molar-refractivity contribution >= 4 is 5.78 Å². The molecule has 2 rings (SSSR count). The van der Waals surface area contributed by atoms with Crippen LogP contribution in [0.15, 0.2) is 34.7 Å². The Bertz CT molecular complexity index is 505. The summed E-state index contributed by atoms with van der Waals surface area (Å²) in [5.41, 5.74) is 0.549. The van der Waals surface area contributed by atoms with Gasteiger partial charge in [0.1, 0.15) is 0 Å². The highest BCUT2D eigenvalue weighted by Crippen LogP contribution is 2.09. The number of nitrogens with zero attached hydrogens (tertiary/aromatic N) is 3. The van der Waals surface area contributed by atoms with E-state index < -0.39 is 0 Å². The molecule has 0 saturated carbocycles. The van der Waals surface area contributed by atoms with Crippen molar-refractivity contribution in [1.29, 1.82) is 0 Å². The highest BCUT2D eigenvalue weighted by atomic mass is 16.4. The quantitative estimate of drug-likeness (QED) is 0.743. The molecular weight excluding hydrogens is 218 g/mol. The van der Waals surface area contributed by atoms with E-state index in [9.17, 15) is 4.79 Å². The molecule has 0 saturated heterocycles. The first-order chi connectivity index (χ1) is 8.16. The lowest BCUT2D eigenvalue weighted by Crippen LogP contribution is -2.10. The van der Waals surface area contributed by atoms with Gasteiger partial charge in [-0.05, 0) is 14.1 Å². The molecule has 0 unspecified atom stereocenters. The third-order valence-electron chi connectivity index (χ3n) is 2.15. The molecule has 17 heavy (non-hydrogen) atoms. The minimum absolute atomic E-state index is 0.0352. The second kappa shape index (κ2) is 4.88. The fraction of sp³-hybridized carbons (Fsp3) is 0.250. The number of rotatable bonds is 4. The molecular formula is C12H13N3O2. The molecule has 0 aliphatic rings. The summed E-state index contributed by atoms with van der Waals surface area (Å²) in [6.45, 7) is 0.523. The van der Waals surface area contributed by atoms with Gasteiger partial charge in [-0.2, -0.15) is 0 Å². The fourth-order valence-electron chi connectivity index (χ4n) is 1.39. The molecule has 0 amide bonds. The van der Waals surface area contributed by atoms with Gasteiger partial charge in [0.2, 0.25) is 11.7 Å². The molecule has 0 radical (unpaired) electrons. The summed E-state index contributed by atoms with van der Waals surface area (Å²) in [6.07, 6.45) is 0. The molecule has 1 aromatic heterocycles. The highest BCUT2D eigenvalue weighted by molar-refractivity contribution is 6.05. The van der Waals surface area contributed by atoms with Gasteiger partial charge < -0.3 is 9.32 Å². The maximum atomic E-state index is 11.9. The van der Waals surface area contributed by atoms with Crippen molar-refractivity contribution < 1.29 is 9.21 Å². The van der Waals surface area contributed by atoms with E-state index in [-0.39, 0.29) is 11.7 Å². The normalized spacial score (nSPS) is 10.8. The Balaban J connectivity index is 2.18. The van der Waals surface area contributed by atoms with E-state index in [1.807, 2.05) is 25.1 Å². The topological polar surface area (TPSA) is 59.2 Å². The van der Waals surface area contributed by atoms with Gasteiger partial charge in [0.15, 0.2) is 0 Å². The maximum absolute atomic E-state index is 11.9. The van der Waals surface area contributed by atoms with Crippen LogP contribution in [0.2, 0.25) is 0 Å². The van der Waals surface area contributed by atoms with Crippen LogP contribution in [0.4, 0.5) is 0 Å². The van der Waals surface area contributed by atoms with Gasteiger partial charge in [-0.3, -0.25) is 4.79 Å². The minimum atomic E-state index is -0.247. The van der Waals surface area contributed by atoms with Gasteiger partial charge in [0.05, 0.1) is 6.54 Å². The molecule has 5 heteroatoms. The van der Waals surface area contributed by atoms with Gasteiger partial charge >= 0.3 is 0 Å². The average Bonchev–Trinajstić information content (AvgIpc) is 2.77. The van der Waals surface area contributed by atoms with Crippen molar-refractivity contribution in [3.05, 3.63) is 47.7 Å². The van der Waals surface area contributed by atoms with Crippen molar-refractivity contribution in [3.63, 3.8) is 0 Å². The van der Waals surface area contributed by atoms with Crippen LogP contribution in [0.1, 0.15) is 22.1 Å². The zero-order valence-corrected chi connectivity index (χ0v) is 9.75. The van der Waals surface area contributed by atoms with Gasteiger partial charge in [0.25, 0.3) is 5.89 Å². The van der Waals surface area contributed by atoms with Crippen LogP contribution in [0.3, 0.4) is 0 Å². The number of carbonyl (C=O) groups is 1. The Labute approximate surface area is 99.1 Å². The summed E-state index contributed by atoms with van der Waals surface area (Å²) in [5, 5.41) is 7.58.